The predicted octanol–water partition coefficient (Wildman–Crippen LogP) is 6.91. The quantitative estimate of drug-likeness (QED) is 0.373. The van der Waals surface area contributed by atoms with Crippen molar-refractivity contribution in [2.75, 3.05) is 38.0 Å². The van der Waals surface area contributed by atoms with Crippen molar-refractivity contribution in [1.29, 1.82) is 0 Å². The van der Waals surface area contributed by atoms with Gasteiger partial charge in [0.2, 0.25) is 0 Å². The van der Waals surface area contributed by atoms with Crippen LogP contribution in [-0.4, -0.2) is 44.8 Å². The second-order valence-electron chi connectivity index (χ2n) is 10.2. The summed E-state index contributed by atoms with van der Waals surface area (Å²) in [5, 5.41) is 7.27. The molecule has 1 saturated carbocycles. The third-order valence-corrected chi connectivity index (χ3v) is 7.52. The van der Waals surface area contributed by atoms with Crippen molar-refractivity contribution in [3.05, 3.63) is 100 Å². The van der Waals surface area contributed by atoms with Gasteiger partial charge in [0.05, 0.1) is 11.8 Å². The van der Waals surface area contributed by atoms with Gasteiger partial charge in [-0.1, -0.05) is 41.9 Å². The zero-order valence-electron chi connectivity index (χ0n) is 21.9. The van der Waals surface area contributed by atoms with Gasteiger partial charge < -0.3 is 9.80 Å². The highest BCUT2D eigenvalue weighted by molar-refractivity contribution is 6.31. The van der Waals surface area contributed by atoms with Crippen LogP contribution in [0.1, 0.15) is 46.8 Å². The first kappa shape index (κ1) is 25.1. The Morgan fingerprint density at radius 2 is 1.59 bits per heavy atom. The monoisotopic (exact) mass is 512 g/mol. The molecule has 6 heteroatoms. The number of nitrogens with zero attached hydrogens (tertiary/aromatic N) is 4. The van der Waals surface area contributed by atoms with E-state index < -0.39 is 0 Å². The Balaban J connectivity index is 1.55. The van der Waals surface area contributed by atoms with Crippen molar-refractivity contribution in [2.24, 2.45) is 11.0 Å². The highest BCUT2D eigenvalue weighted by Gasteiger charge is 2.44. The van der Waals surface area contributed by atoms with Gasteiger partial charge in [-0.15, -0.1) is 0 Å². The fourth-order valence-corrected chi connectivity index (χ4v) is 5.48. The summed E-state index contributed by atoms with van der Waals surface area (Å²) in [7, 11) is 8.15. The number of hydrogen-bond donors (Lipinski definition) is 0. The molecule has 3 aromatic carbocycles. The van der Waals surface area contributed by atoms with Crippen molar-refractivity contribution >= 4 is 40.7 Å². The van der Waals surface area contributed by atoms with Crippen molar-refractivity contribution in [3.63, 3.8) is 0 Å². The molecule has 0 bridgehead atoms. The minimum absolute atomic E-state index is 0.124. The first-order chi connectivity index (χ1) is 17.8. The highest BCUT2D eigenvalue weighted by Crippen LogP contribution is 2.45. The fourth-order valence-electron chi connectivity index (χ4n) is 5.29. The number of anilines is 2. The van der Waals surface area contributed by atoms with Crippen LogP contribution in [0.15, 0.2) is 83.5 Å². The zero-order chi connectivity index (χ0) is 26.1. The summed E-state index contributed by atoms with van der Waals surface area (Å²) >= 11 is 6.24. The van der Waals surface area contributed by atoms with Gasteiger partial charge in [-0.3, -0.25) is 4.79 Å². The molecule has 0 aromatic heterocycles. The summed E-state index contributed by atoms with van der Waals surface area (Å²) in [6.45, 7) is 0. The number of carbonyl (C=O) groups is 1. The van der Waals surface area contributed by atoms with Crippen LogP contribution >= 0.6 is 11.6 Å². The number of rotatable bonds is 5. The summed E-state index contributed by atoms with van der Waals surface area (Å²) in [4.78, 5) is 18.0. The lowest BCUT2D eigenvalue weighted by molar-refractivity contribution is 0.0681. The van der Waals surface area contributed by atoms with E-state index in [1.165, 1.54) is 11.3 Å². The van der Waals surface area contributed by atoms with Gasteiger partial charge >= 0.3 is 0 Å². The van der Waals surface area contributed by atoms with E-state index in [1.807, 2.05) is 40.3 Å². The molecule has 2 atom stereocenters. The van der Waals surface area contributed by atoms with Crippen LogP contribution in [0.5, 0.6) is 0 Å². The van der Waals surface area contributed by atoms with Crippen LogP contribution in [0.4, 0.5) is 11.4 Å². The molecule has 5 rings (SSSR count). The largest absolute Gasteiger partial charge is 0.378 e. The number of allylic oxidation sites excluding steroid dienone is 1. The van der Waals surface area contributed by atoms with E-state index in [0.717, 1.165) is 41.8 Å². The third kappa shape index (κ3) is 5.14. The summed E-state index contributed by atoms with van der Waals surface area (Å²) in [5.74, 6) is 0.0233. The van der Waals surface area contributed by atoms with Gasteiger partial charge in [-0.05, 0) is 84.5 Å². The molecule has 0 saturated heterocycles. The number of benzene rings is 3. The third-order valence-electron chi connectivity index (χ3n) is 7.28. The summed E-state index contributed by atoms with van der Waals surface area (Å²) in [6, 6.07) is 24.0. The van der Waals surface area contributed by atoms with Crippen LogP contribution in [0.25, 0.3) is 6.08 Å². The van der Waals surface area contributed by atoms with Gasteiger partial charge in [-0.2, -0.15) is 5.10 Å². The number of hydrogen-bond acceptors (Lipinski definition) is 4. The molecule has 1 heterocycles. The molecule has 1 amide bonds. The van der Waals surface area contributed by atoms with Gasteiger partial charge in [0.15, 0.2) is 0 Å². The number of hydrazone groups is 1. The zero-order valence-corrected chi connectivity index (χ0v) is 22.6. The molecular formula is C31H33ClN4O. The molecule has 5 nitrogen and oxygen atoms in total. The topological polar surface area (TPSA) is 39.1 Å². The second-order valence-corrected chi connectivity index (χ2v) is 10.7. The molecule has 0 radical (unpaired) electrons. The maximum Gasteiger partial charge on any atom is 0.274 e. The van der Waals surface area contributed by atoms with Gasteiger partial charge in [0.25, 0.3) is 5.91 Å². The fraction of sp³-hybridized carbons (Fsp3) is 0.290. The number of carbonyl (C=O) groups excluding carboxylic acids is 1. The maximum atomic E-state index is 13.8. The Labute approximate surface area is 224 Å². The molecule has 1 aliphatic heterocycles. The predicted molar refractivity (Wildman–Crippen MR) is 155 cm³/mol. The molecule has 2 aliphatic rings. The Morgan fingerprint density at radius 3 is 2.22 bits per heavy atom. The summed E-state index contributed by atoms with van der Waals surface area (Å²) < 4.78 is 0. The molecule has 190 valence electrons. The maximum absolute atomic E-state index is 13.8. The van der Waals surface area contributed by atoms with E-state index in [4.69, 9.17) is 16.7 Å². The SMILES string of the molecule is CN(C)c1ccc(/C=C2\CCC[C@@H]3C2=NN(C(=O)c2cccc(Cl)c2)[C@H]3c2ccc(N(C)C)cc2)cc1. The molecule has 37 heavy (non-hydrogen) atoms. The number of halogens is 1. The molecular weight excluding hydrogens is 480 g/mol. The number of amides is 1. The number of fused-ring (bicyclic) bond motifs is 1. The average Bonchev–Trinajstić information content (AvgIpc) is 3.29. The molecule has 1 fully saturated rings. The van der Waals surface area contributed by atoms with E-state index in [2.05, 4.69) is 64.4 Å². The first-order valence-electron chi connectivity index (χ1n) is 12.7. The molecule has 3 aromatic rings. The minimum atomic E-state index is -0.155. The standard InChI is InChI=1S/C31H33ClN4O/c1-34(2)26-15-11-21(12-16-26)19-23-7-6-10-28-29(23)33-36(31(37)24-8-5-9-25(32)20-24)30(28)22-13-17-27(18-14-22)35(3)4/h5,8-9,11-20,28,30H,6-7,10H2,1-4H3/b23-19+/t28-,30+/m1/s1. The Hall–Kier alpha value is -3.57. The van der Waals surface area contributed by atoms with E-state index in [1.54, 1.807) is 17.1 Å². The smallest absolute Gasteiger partial charge is 0.274 e. The van der Waals surface area contributed by atoms with E-state index in [0.29, 0.717) is 10.6 Å². The Kier molecular flexibility index (Phi) is 7.07. The van der Waals surface area contributed by atoms with Gasteiger partial charge in [0, 0.05) is 56.1 Å². The van der Waals surface area contributed by atoms with Gasteiger partial charge in [-0.25, -0.2) is 5.01 Å². The van der Waals surface area contributed by atoms with Crippen LogP contribution in [0.2, 0.25) is 5.02 Å². The Morgan fingerprint density at radius 1 is 0.946 bits per heavy atom. The van der Waals surface area contributed by atoms with Gasteiger partial charge in [0.1, 0.15) is 0 Å². The summed E-state index contributed by atoms with van der Waals surface area (Å²) in [5.41, 5.74) is 7.33. The highest BCUT2D eigenvalue weighted by atomic mass is 35.5. The second kappa shape index (κ2) is 10.4. The van der Waals surface area contributed by atoms with Crippen LogP contribution in [-0.2, 0) is 0 Å². The van der Waals surface area contributed by atoms with E-state index in [-0.39, 0.29) is 17.9 Å². The van der Waals surface area contributed by atoms with E-state index in [9.17, 15) is 4.79 Å². The lowest BCUT2D eigenvalue weighted by Crippen LogP contribution is -2.32. The summed E-state index contributed by atoms with van der Waals surface area (Å²) in [6.07, 6.45) is 5.26. The van der Waals surface area contributed by atoms with Crippen molar-refractivity contribution in [2.45, 2.75) is 25.3 Å². The lowest BCUT2D eigenvalue weighted by Gasteiger charge is -2.30. The Bertz CT molecular complexity index is 1340. The molecule has 0 unspecified atom stereocenters. The van der Waals surface area contributed by atoms with Crippen molar-refractivity contribution in [3.8, 4) is 0 Å². The molecule has 0 spiro atoms. The minimum Gasteiger partial charge on any atom is -0.378 e. The van der Waals surface area contributed by atoms with Crippen LogP contribution < -0.4 is 9.80 Å². The van der Waals surface area contributed by atoms with Crippen molar-refractivity contribution in [1.82, 2.24) is 5.01 Å². The van der Waals surface area contributed by atoms with Crippen LogP contribution in [0, 0.1) is 5.92 Å². The normalized spacial score (nSPS) is 20.0. The molecule has 0 N–H and O–H groups in total. The first-order valence-corrected chi connectivity index (χ1v) is 13.1. The van der Waals surface area contributed by atoms with E-state index >= 15 is 0 Å². The van der Waals surface area contributed by atoms with Crippen molar-refractivity contribution < 1.29 is 4.79 Å². The van der Waals surface area contributed by atoms with Crippen LogP contribution in [0.3, 0.4) is 0 Å². The molecule has 1 aliphatic carbocycles. The lowest BCUT2D eigenvalue weighted by atomic mass is 9.77. The average molecular weight is 513 g/mol.